The maximum Gasteiger partial charge on any atom is 0.223 e. The summed E-state index contributed by atoms with van der Waals surface area (Å²) in [5.41, 5.74) is 1.71. The van der Waals surface area contributed by atoms with E-state index in [0.29, 0.717) is 23.7 Å². The number of rotatable bonds is 8. The number of anilines is 1. The van der Waals surface area contributed by atoms with E-state index < -0.39 is 0 Å². The molecule has 0 unspecified atom stereocenters. The highest BCUT2D eigenvalue weighted by Crippen LogP contribution is 2.25. The molecule has 0 spiro atoms. The van der Waals surface area contributed by atoms with Crippen LogP contribution >= 0.6 is 11.6 Å². The predicted molar refractivity (Wildman–Crippen MR) is 104 cm³/mol. The van der Waals surface area contributed by atoms with E-state index in [4.69, 9.17) is 16.3 Å². The minimum atomic E-state index is -0.151. The summed E-state index contributed by atoms with van der Waals surface area (Å²) in [5, 5.41) is 3.37. The Labute approximate surface area is 158 Å². The van der Waals surface area contributed by atoms with Gasteiger partial charge in [-0.05, 0) is 36.2 Å². The van der Waals surface area contributed by atoms with Gasteiger partial charge < -0.3 is 15.0 Å². The summed E-state index contributed by atoms with van der Waals surface area (Å²) >= 11 is 6.15. The number of methoxy groups -OCH3 is 1. The number of halogens is 1. The van der Waals surface area contributed by atoms with Gasteiger partial charge >= 0.3 is 0 Å². The minimum absolute atomic E-state index is 0.105. The van der Waals surface area contributed by atoms with Crippen LogP contribution in [0.1, 0.15) is 18.9 Å². The van der Waals surface area contributed by atoms with Crippen LogP contribution in [0.4, 0.5) is 5.69 Å². The Bertz CT molecular complexity index is 764. The fourth-order valence-electron chi connectivity index (χ4n) is 2.59. The Morgan fingerprint density at radius 1 is 1.15 bits per heavy atom. The second-order valence-corrected chi connectivity index (χ2v) is 6.23. The first-order chi connectivity index (χ1) is 12.5. The molecule has 0 aliphatic carbocycles. The van der Waals surface area contributed by atoms with E-state index in [2.05, 4.69) is 5.32 Å². The molecule has 0 aromatic heterocycles. The quantitative estimate of drug-likeness (QED) is 0.769. The third kappa shape index (κ3) is 5.77. The molecule has 0 saturated heterocycles. The van der Waals surface area contributed by atoms with Gasteiger partial charge in [0.25, 0.3) is 0 Å². The van der Waals surface area contributed by atoms with E-state index in [9.17, 15) is 9.59 Å². The van der Waals surface area contributed by atoms with Crippen molar-refractivity contribution < 1.29 is 14.3 Å². The van der Waals surface area contributed by atoms with Gasteiger partial charge in [0.15, 0.2) is 0 Å². The zero-order valence-corrected chi connectivity index (χ0v) is 15.8. The van der Waals surface area contributed by atoms with Gasteiger partial charge in [0.1, 0.15) is 5.75 Å². The Morgan fingerprint density at radius 2 is 1.92 bits per heavy atom. The first kappa shape index (κ1) is 19.8. The van der Waals surface area contributed by atoms with E-state index in [1.807, 2.05) is 30.3 Å². The van der Waals surface area contributed by atoms with Crippen LogP contribution in [0.2, 0.25) is 5.02 Å². The Hall–Kier alpha value is -2.53. The van der Waals surface area contributed by atoms with Crippen LogP contribution < -0.4 is 15.0 Å². The first-order valence-corrected chi connectivity index (χ1v) is 8.81. The molecule has 0 atom stereocenters. The largest absolute Gasteiger partial charge is 0.497 e. The average molecular weight is 375 g/mol. The summed E-state index contributed by atoms with van der Waals surface area (Å²) in [7, 11) is 1.63. The molecular weight excluding hydrogens is 352 g/mol. The summed E-state index contributed by atoms with van der Waals surface area (Å²) in [4.78, 5) is 25.5. The van der Waals surface area contributed by atoms with Crippen LogP contribution in [-0.4, -0.2) is 32.0 Å². The van der Waals surface area contributed by atoms with Crippen molar-refractivity contribution in [2.45, 2.75) is 19.8 Å². The number of carbonyl (C=O) groups excluding carboxylic acids is 2. The maximum atomic E-state index is 12.1. The van der Waals surface area contributed by atoms with E-state index in [0.717, 1.165) is 11.3 Å². The van der Waals surface area contributed by atoms with Crippen molar-refractivity contribution in [1.82, 2.24) is 5.32 Å². The Balaban J connectivity index is 1.83. The second kappa shape index (κ2) is 9.82. The van der Waals surface area contributed by atoms with Gasteiger partial charge in [-0.15, -0.1) is 0 Å². The van der Waals surface area contributed by atoms with E-state index in [1.54, 1.807) is 25.3 Å². The number of para-hydroxylation sites is 1. The molecule has 0 saturated carbocycles. The molecule has 0 aliphatic rings. The monoisotopic (exact) mass is 374 g/mol. The molecule has 6 heteroatoms. The molecule has 2 aromatic rings. The Morgan fingerprint density at radius 3 is 2.62 bits per heavy atom. The average Bonchev–Trinajstić information content (AvgIpc) is 2.63. The number of nitrogens with one attached hydrogen (secondary N) is 1. The maximum absolute atomic E-state index is 12.1. The predicted octanol–water partition coefficient (Wildman–Crippen LogP) is 3.45. The van der Waals surface area contributed by atoms with E-state index >= 15 is 0 Å². The molecule has 26 heavy (non-hydrogen) atoms. The third-order valence-electron chi connectivity index (χ3n) is 3.96. The molecule has 2 amide bonds. The number of hydrogen-bond donors (Lipinski definition) is 1. The minimum Gasteiger partial charge on any atom is -0.497 e. The highest BCUT2D eigenvalue weighted by atomic mass is 35.5. The molecule has 1 N–H and O–H groups in total. The number of carbonyl (C=O) groups is 2. The summed E-state index contributed by atoms with van der Waals surface area (Å²) in [6.45, 7) is 2.27. The summed E-state index contributed by atoms with van der Waals surface area (Å²) in [5.74, 6) is 0.541. The van der Waals surface area contributed by atoms with Crippen LogP contribution in [0.15, 0.2) is 48.5 Å². The van der Waals surface area contributed by atoms with Gasteiger partial charge in [-0.1, -0.05) is 35.9 Å². The van der Waals surface area contributed by atoms with Crippen molar-refractivity contribution in [3.05, 3.63) is 59.1 Å². The SMILES string of the molecule is COc1cccc(CCNC(=O)CCN(C(C)=O)c2ccccc2Cl)c1. The highest BCUT2D eigenvalue weighted by molar-refractivity contribution is 6.33. The number of nitrogens with zero attached hydrogens (tertiary/aromatic N) is 1. The lowest BCUT2D eigenvalue weighted by Gasteiger charge is -2.22. The smallest absolute Gasteiger partial charge is 0.223 e. The van der Waals surface area contributed by atoms with Crippen molar-refractivity contribution in [1.29, 1.82) is 0 Å². The lowest BCUT2D eigenvalue weighted by molar-refractivity contribution is -0.121. The molecule has 138 valence electrons. The second-order valence-electron chi connectivity index (χ2n) is 5.82. The lowest BCUT2D eigenvalue weighted by atomic mass is 10.1. The zero-order chi connectivity index (χ0) is 18.9. The van der Waals surface area contributed by atoms with Crippen LogP contribution in [0.5, 0.6) is 5.75 Å². The molecule has 0 radical (unpaired) electrons. The van der Waals surface area contributed by atoms with Crippen molar-refractivity contribution in [2.24, 2.45) is 0 Å². The fourth-order valence-corrected chi connectivity index (χ4v) is 2.83. The van der Waals surface area contributed by atoms with Gasteiger partial charge in [0.05, 0.1) is 17.8 Å². The molecule has 0 bridgehead atoms. The number of amides is 2. The standard InChI is InChI=1S/C20H23ClN2O3/c1-15(24)23(19-9-4-3-8-18(19)21)13-11-20(25)22-12-10-16-6-5-7-17(14-16)26-2/h3-9,14H,10-13H2,1-2H3,(H,22,25). The molecule has 0 aliphatic heterocycles. The molecule has 0 heterocycles. The van der Waals surface area contributed by atoms with E-state index in [1.165, 1.54) is 11.8 Å². The molecule has 5 nitrogen and oxygen atoms in total. The number of ether oxygens (including phenoxy) is 1. The summed E-state index contributed by atoms with van der Waals surface area (Å²) < 4.78 is 5.19. The normalized spacial score (nSPS) is 10.3. The number of benzene rings is 2. The van der Waals surface area contributed by atoms with Crippen molar-refractivity contribution >= 4 is 29.1 Å². The van der Waals surface area contributed by atoms with Crippen LogP contribution in [0.25, 0.3) is 0 Å². The van der Waals surface area contributed by atoms with E-state index in [-0.39, 0.29) is 24.8 Å². The summed E-state index contributed by atoms with van der Waals surface area (Å²) in [6, 6.07) is 14.8. The lowest BCUT2D eigenvalue weighted by Crippen LogP contribution is -2.34. The van der Waals surface area contributed by atoms with Crippen molar-refractivity contribution in [3.63, 3.8) is 0 Å². The van der Waals surface area contributed by atoms with Gasteiger partial charge in [-0.2, -0.15) is 0 Å². The highest BCUT2D eigenvalue weighted by Gasteiger charge is 2.15. The van der Waals surface area contributed by atoms with Crippen LogP contribution in [0.3, 0.4) is 0 Å². The first-order valence-electron chi connectivity index (χ1n) is 8.43. The van der Waals surface area contributed by atoms with Crippen LogP contribution in [0, 0.1) is 0 Å². The van der Waals surface area contributed by atoms with Crippen molar-refractivity contribution in [2.75, 3.05) is 25.1 Å². The number of hydrogen-bond acceptors (Lipinski definition) is 3. The van der Waals surface area contributed by atoms with Crippen LogP contribution in [-0.2, 0) is 16.0 Å². The molecule has 2 aromatic carbocycles. The Kier molecular flexibility index (Phi) is 7.48. The van der Waals surface area contributed by atoms with Crippen molar-refractivity contribution in [3.8, 4) is 5.75 Å². The third-order valence-corrected chi connectivity index (χ3v) is 4.28. The van der Waals surface area contributed by atoms with Gasteiger partial charge in [-0.25, -0.2) is 0 Å². The zero-order valence-electron chi connectivity index (χ0n) is 15.0. The molecule has 2 rings (SSSR count). The van der Waals surface area contributed by atoms with Gasteiger partial charge in [0, 0.05) is 26.4 Å². The topological polar surface area (TPSA) is 58.6 Å². The molecular formula is C20H23ClN2O3. The summed E-state index contributed by atoms with van der Waals surface area (Å²) in [6.07, 6.45) is 0.923. The van der Waals surface area contributed by atoms with Gasteiger partial charge in [-0.3, -0.25) is 9.59 Å². The van der Waals surface area contributed by atoms with Gasteiger partial charge in [0.2, 0.25) is 11.8 Å². The molecule has 0 fully saturated rings. The fraction of sp³-hybridized carbons (Fsp3) is 0.300.